The molecule has 0 aliphatic rings. The summed E-state index contributed by atoms with van der Waals surface area (Å²) in [6.07, 6.45) is 0. The Hall–Kier alpha value is -1.34. The fourth-order valence-corrected chi connectivity index (χ4v) is 2.62. The van der Waals surface area contributed by atoms with Crippen LogP contribution in [0.3, 0.4) is 0 Å². The van der Waals surface area contributed by atoms with Crippen molar-refractivity contribution in [2.45, 2.75) is 39.2 Å². The van der Waals surface area contributed by atoms with Gasteiger partial charge in [0.05, 0.1) is 10.0 Å². The van der Waals surface area contributed by atoms with Crippen LogP contribution in [-0.2, 0) is 0 Å². The van der Waals surface area contributed by atoms with Gasteiger partial charge in [-0.1, -0.05) is 43.1 Å². The number of nitrogens with two attached hydrogens (primary N) is 1. The third-order valence-corrected chi connectivity index (χ3v) is 4.07. The summed E-state index contributed by atoms with van der Waals surface area (Å²) >= 11 is 12.5. The number of amides is 1. The highest BCUT2D eigenvalue weighted by Gasteiger charge is 2.25. The molecule has 0 saturated carbocycles. The van der Waals surface area contributed by atoms with Crippen molar-refractivity contribution in [1.82, 2.24) is 20.1 Å². The molecule has 2 aromatic rings. The number of aromatic nitrogens is 3. The molecule has 0 fully saturated rings. The third-order valence-electron chi connectivity index (χ3n) is 3.46. The molecule has 0 spiro atoms. The summed E-state index contributed by atoms with van der Waals surface area (Å²) in [5.41, 5.74) is 5.61. The topological polar surface area (TPSA) is 85.8 Å². The quantitative estimate of drug-likeness (QED) is 0.794. The Morgan fingerprint density at radius 1 is 1.32 bits per heavy atom. The molecular weight excluding hydrogens is 385 g/mol. The first-order valence-corrected chi connectivity index (χ1v) is 8.36. The minimum absolute atomic E-state index is 0. The third kappa shape index (κ3) is 4.85. The average Bonchev–Trinajstić information content (AvgIpc) is 2.92. The van der Waals surface area contributed by atoms with E-state index in [1.54, 1.807) is 18.2 Å². The minimum atomic E-state index is -0.553. The molecule has 6 nitrogen and oxygen atoms in total. The number of carbonyl (C=O) groups excluding carboxylic acids is 1. The monoisotopic (exact) mass is 405 g/mol. The largest absolute Gasteiger partial charge is 0.343 e. The van der Waals surface area contributed by atoms with Crippen molar-refractivity contribution < 1.29 is 4.79 Å². The van der Waals surface area contributed by atoms with E-state index in [2.05, 4.69) is 15.4 Å². The first-order chi connectivity index (χ1) is 11.2. The molecule has 9 heteroatoms. The van der Waals surface area contributed by atoms with Gasteiger partial charge in [0, 0.05) is 18.0 Å². The normalized spacial score (nSPS) is 11.4. The Morgan fingerprint density at radius 3 is 2.36 bits per heavy atom. The van der Waals surface area contributed by atoms with E-state index in [1.165, 1.54) is 4.68 Å². The van der Waals surface area contributed by atoms with Gasteiger partial charge in [-0.3, -0.25) is 4.79 Å². The number of halogens is 3. The Morgan fingerprint density at radius 2 is 1.88 bits per heavy atom. The molecule has 0 radical (unpaired) electrons. The van der Waals surface area contributed by atoms with Crippen LogP contribution in [0.15, 0.2) is 18.2 Å². The first-order valence-electron chi connectivity index (χ1n) is 7.60. The number of nitrogens with one attached hydrogen (secondary N) is 1. The fraction of sp³-hybridized carbons (Fsp3) is 0.438. The van der Waals surface area contributed by atoms with Crippen LogP contribution in [0.25, 0.3) is 5.69 Å². The van der Waals surface area contributed by atoms with Gasteiger partial charge >= 0.3 is 0 Å². The number of rotatable bonds is 5. The maximum absolute atomic E-state index is 12.4. The lowest BCUT2D eigenvalue weighted by molar-refractivity contribution is 0.0905. The summed E-state index contributed by atoms with van der Waals surface area (Å²) in [5.74, 6) is 0.278. The second kappa shape index (κ2) is 8.36. The van der Waals surface area contributed by atoms with Crippen molar-refractivity contribution in [3.05, 3.63) is 39.9 Å². The van der Waals surface area contributed by atoms with E-state index in [1.807, 2.05) is 27.7 Å². The summed E-state index contributed by atoms with van der Waals surface area (Å²) < 4.78 is 1.53. The van der Waals surface area contributed by atoms with E-state index in [4.69, 9.17) is 28.9 Å². The highest BCUT2D eigenvalue weighted by Crippen LogP contribution is 2.30. The number of carbonyl (C=O) groups is 1. The average molecular weight is 407 g/mol. The summed E-state index contributed by atoms with van der Waals surface area (Å²) in [6.45, 7) is 7.87. The van der Waals surface area contributed by atoms with Crippen LogP contribution in [0.5, 0.6) is 0 Å². The molecule has 2 rings (SSSR count). The molecular formula is C16H22Cl3N5O. The zero-order chi connectivity index (χ0) is 18.1. The molecule has 25 heavy (non-hydrogen) atoms. The lowest BCUT2D eigenvalue weighted by Gasteiger charge is -2.23. The van der Waals surface area contributed by atoms with Gasteiger partial charge in [0.15, 0.2) is 0 Å². The van der Waals surface area contributed by atoms with Crippen LogP contribution >= 0.6 is 35.6 Å². The second-order valence-electron chi connectivity index (χ2n) is 6.47. The maximum Gasteiger partial charge on any atom is 0.291 e. The number of hydrogen-bond donors (Lipinski definition) is 2. The van der Waals surface area contributed by atoms with Crippen LogP contribution in [0.1, 0.15) is 50.1 Å². The highest BCUT2D eigenvalue weighted by atomic mass is 35.5. The highest BCUT2D eigenvalue weighted by molar-refractivity contribution is 6.37. The van der Waals surface area contributed by atoms with Crippen molar-refractivity contribution in [1.29, 1.82) is 0 Å². The number of para-hydroxylation sites is 1. The molecule has 0 aliphatic carbocycles. The lowest BCUT2D eigenvalue weighted by atomic mass is 10.1. The molecule has 1 aromatic carbocycles. The van der Waals surface area contributed by atoms with E-state index < -0.39 is 11.4 Å². The molecule has 1 heterocycles. The molecule has 0 bridgehead atoms. The van der Waals surface area contributed by atoms with Crippen LogP contribution in [0.4, 0.5) is 0 Å². The molecule has 138 valence electrons. The van der Waals surface area contributed by atoms with E-state index in [0.29, 0.717) is 28.1 Å². The van der Waals surface area contributed by atoms with Gasteiger partial charge in [-0.15, -0.1) is 17.5 Å². The van der Waals surface area contributed by atoms with Gasteiger partial charge < -0.3 is 11.1 Å². The minimum Gasteiger partial charge on any atom is -0.343 e. The first kappa shape index (κ1) is 21.7. The number of benzene rings is 1. The van der Waals surface area contributed by atoms with Crippen LogP contribution < -0.4 is 11.1 Å². The SMILES string of the molecule is CC(C)c1nc(C(=O)NC(C)(C)CN)nn1-c1c(Cl)cccc1Cl.Cl. The van der Waals surface area contributed by atoms with E-state index >= 15 is 0 Å². The van der Waals surface area contributed by atoms with Gasteiger partial charge in [0.2, 0.25) is 5.82 Å². The van der Waals surface area contributed by atoms with Crippen molar-refractivity contribution in [3.8, 4) is 5.69 Å². The summed E-state index contributed by atoms with van der Waals surface area (Å²) in [7, 11) is 0. The Labute approximate surface area is 163 Å². The number of nitrogens with zero attached hydrogens (tertiary/aromatic N) is 3. The maximum atomic E-state index is 12.4. The van der Waals surface area contributed by atoms with Gasteiger partial charge in [0.1, 0.15) is 11.5 Å². The standard InChI is InChI=1S/C16H21Cl2N5O.ClH/c1-9(2)14-20-13(15(24)21-16(3,4)8-19)22-23(14)12-10(17)6-5-7-11(12)18;/h5-7,9H,8,19H2,1-4H3,(H,21,24);1H. The molecule has 0 atom stereocenters. The van der Waals surface area contributed by atoms with Crippen molar-refractivity contribution in [2.75, 3.05) is 6.54 Å². The zero-order valence-corrected chi connectivity index (χ0v) is 16.8. The van der Waals surface area contributed by atoms with Crippen LogP contribution in [0, 0.1) is 0 Å². The van der Waals surface area contributed by atoms with Gasteiger partial charge in [-0.2, -0.15) is 0 Å². The van der Waals surface area contributed by atoms with Gasteiger partial charge in [-0.25, -0.2) is 9.67 Å². The zero-order valence-electron chi connectivity index (χ0n) is 14.5. The molecule has 1 amide bonds. The predicted molar refractivity (Wildman–Crippen MR) is 103 cm³/mol. The molecule has 0 saturated heterocycles. The van der Waals surface area contributed by atoms with Crippen molar-refractivity contribution in [2.24, 2.45) is 5.73 Å². The fourth-order valence-electron chi connectivity index (χ4n) is 2.06. The van der Waals surface area contributed by atoms with Crippen molar-refractivity contribution >= 4 is 41.5 Å². The van der Waals surface area contributed by atoms with E-state index in [-0.39, 0.29) is 24.1 Å². The molecule has 3 N–H and O–H groups in total. The predicted octanol–water partition coefficient (Wildman–Crippen LogP) is 3.59. The van der Waals surface area contributed by atoms with Crippen LogP contribution in [-0.4, -0.2) is 32.8 Å². The molecule has 0 aliphatic heterocycles. The Kier molecular flexibility index (Phi) is 7.26. The van der Waals surface area contributed by atoms with Crippen molar-refractivity contribution in [3.63, 3.8) is 0 Å². The molecule has 1 aromatic heterocycles. The lowest BCUT2D eigenvalue weighted by Crippen LogP contribution is -2.49. The Bertz CT molecular complexity index is 738. The smallest absolute Gasteiger partial charge is 0.291 e. The van der Waals surface area contributed by atoms with Crippen LogP contribution in [0.2, 0.25) is 10.0 Å². The van der Waals surface area contributed by atoms with E-state index in [9.17, 15) is 4.79 Å². The van der Waals surface area contributed by atoms with E-state index in [0.717, 1.165) is 0 Å². The Balaban J connectivity index is 0.00000312. The van der Waals surface area contributed by atoms with Gasteiger partial charge in [-0.05, 0) is 26.0 Å². The summed E-state index contributed by atoms with van der Waals surface area (Å²) in [6, 6.07) is 5.18. The van der Waals surface area contributed by atoms with Gasteiger partial charge in [0.25, 0.3) is 5.91 Å². The second-order valence-corrected chi connectivity index (χ2v) is 7.29. The summed E-state index contributed by atoms with van der Waals surface area (Å²) in [5, 5.41) is 8.01. The number of hydrogen-bond acceptors (Lipinski definition) is 4. The molecule has 0 unspecified atom stereocenters. The summed E-state index contributed by atoms with van der Waals surface area (Å²) in [4.78, 5) is 16.8.